The molecule has 2 saturated heterocycles. The molecule has 1 aromatic rings. The number of benzene rings is 1. The van der Waals surface area contributed by atoms with Crippen molar-refractivity contribution in [3.8, 4) is 0 Å². The summed E-state index contributed by atoms with van der Waals surface area (Å²) >= 11 is 0. The molecule has 1 atom stereocenters. The molecule has 0 spiro atoms. The van der Waals surface area contributed by atoms with Crippen LogP contribution in [0, 0.1) is 0 Å². The number of sulfonamides is 1. The Morgan fingerprint density at radius 2 is 1.43 bits per heavy atom. The molecule has 1 amide bonds. The zero-order valence-corrected chi connectivity index (χ0v) is 19.8. The molecule has 8 heteroatoms. The van der Waals surface area contributed by atoms with E-state index in [0.717, 1.165) is 31.7 Å². The molecule has 2 fully saturated rings. The van der Waals surface area contributed by atoms with E-state index < -0.39 is 10.0 Å². The second-order valence-corrected chi connectivity index (χ2v) is 11.5. The van der Waals surface area contributed by atoms with Gasteiger partial charge < -0.3 is 9.80 Å². The summed E-state index contributed by atoms with van der Waals surface area (Å²) < 4.78 is 27.7. The number of amides is 1. The largest absolute Gasteiger partial charge is 0.339 e. The van der Waals surface area contributed by atoms with Gasteiger partial charge in [-0.15, -0.1) is 0 Å². The molecule has 30 heavy (non-hydrogen) atoms. The number of rotatable bonds is 4. The molecule has 1 unspecified atom stereocenters. The number of hydrogen-bond acceptors (Lipinski definition) is 5. The predicted octanol–water partition coefficient (Wildman–Crippen LogP) is 1.45. The Labute approximate surface area is 181 Å². The minimum atomic E-state index is -3.51. The van der Waals surface area contributed by atoms with Crippen LogP contribution in [0.25, 0.3) is 0 Å². The van der Waals surface area contributed by atoms with Crippen molar-refractivity contribution in [2.45, 2.75) is 44.0 Å². The van der Waals surface area contributed by atoms with E-state index in [1.54, 1.807) is 16.4 Å². The molecule has 0 radical (unpaired) electrons. The van der Waals surface area contributed by atoms with Crippen molar-refractivity contribution in [1.82, 2.24) is 19.0 Å². The Morgan fingerprint density at radius 3 is 1.93 bits per heavy atom. The van der Waals surface area contributed by atoms with E-state index in [-0.39, 0.29) is 17.4 Å². The molecule has 2 heterocycles. The highest BCUT2D eigenvalue weighted by Gasteiger charge is 2.33. The molecule has 0 aromatic heterocycles. The summed E-state index contributed by atoms with van der Waals surface area (Å²) in [6, 6.07) is 7.01. The maximum Gasteiger partial charge on any atom is 0.243 e. The fraction of sp³-hybridized carbons (Fsp3) is 0.682. The standard InChI is InChI=1S/C22H36N4O3S/c1-18(21(27)25-12-10-23(5)11-13-25)24-14-16-26(17-15-24)30(28,29)20-8-6-19(7-9-20)22(2,3)4/h6-9,18H,10-17H2,1-5H3. The molecule has 168 valence electrons. The zero-order valence-electron chi connectivity index (χ0n) is 19.0. The molecule has 0 N–H and O–H groups in total. The first-order valence-corrected chi connectivity index (χ1v) is 12.3. The molecular weight excluding hydrogens is 400 g/mol. The van der Waals surface area contributed by atoms with Crippen molar-refractivity contribution in [1.29, 1.82) is 0 Å². The first-order valence-electron chi connectivity index (χ1n) is 10.8. The Morgan fingerprint density at radius 1 is 0.900 bits per heavy atom. The highest BCUT2D eigenvalue weighted by atomic mass is 32.2. The van der Waals surface area contributed by atoms with Gasteiger partial charge in [0.25, 0.3) is 0 Å². The molecule has 0 aliphatic carbocycles. The van der Waals surface area contributed by atoms with Gasteiger partial charge in [0.05, 0.1) is 10.9 Å². The quantitative estimate of drug-likeness (QED) is 0.715. The minimum absolute atomic E-state index is 0.0135. The van der Waals surface area contributed by atoms with Crippen LogP contribution in [0.2, 0.25) is 0 Å². The van der Waals surface area contributed by atoms with E-state index in [4.69, 9.17) is 0 Å². The van der Waals surface area contributed by atoms with Gasteiger partial charge in [-0.25, -0.2) is 8.42 Å². The lowest BCUT2D eigenvalue weighted by molar-refractivity contribution is -0.138. The van der Waals surface area contributed by atoms with Crippen molar-refractivity contribution >= 4 is 15.9 Å². The number of likely N-dealkylation sites (N-methyl/N-ethyl adjacent to an activating group) is 1. The van der Waals surface area contributed by atoms with Crippen LogP contribution < -0.4 is 0 Å². The van der Waals surface area contributed by atoms with Crippen molar-refractivity contribution < 1.29 is 13.2 Å². The molecule has 2 aliphatic heterocycles. The maximum atomic E-state index is 13.1. The SMILES string of the molecule is CC(C(=O)N1CCN(C)CC1)N1CCN(S(=O)(=O)c2ccc(C(C)(C)C)cc2)CC1. The third kappa shape index (κ3) is 5.04. The lowest BCUT2D eigenvalue weighted by atomic mass is 9.87. The number of nitrogens with zero attached hydrogens (tertiary/aromatic N) is 4. The van der Waals surface area contributed by atoms with Crippen LogP contribution in [0.15, 0.2) is 29.2 Å². The van der Waals surface area contributed by atoms with Crippen LogP contribution in [-0.2, 0) is 20.2 Å². The Kier molecular flexibility index (Phi) is 6.91. The van der Waals surface area contributed by atoms with Crippen LogP contribution >= 0.6 is 0 Å². The third-order valence-electron chi connectivity index (χ3n) is 6.35. The summed E-state index contributed by atoms with van der Waals surface area (Å²) in [5, 5.41) is 0. The van der Waals surface area contributed by atoms with Crippen molar-refractivity contribution in [3.05, 3.63) is 29.8 Å². The molecule has 2 aliphatic rings. The maximum absolute atomic E-state index is 13.1. The number of piperazine rings is 2. The molecular formula is C22H36N4O3S. The summed E-state index contributed by atoms with van der Waals surface area (Å²) in [7, 11) is -1.44. The van der Waals surface area contributed by atoms with Crippen molar-refractivity contribution in [3.63, 3.8) is 0 Å². The summed E-state index contributed by atoms with van der Waals surface area (Å²) in [5.74, 6) is 0.150. The summed E-state index contributed by atoms with van der Waals surface area (Å²) in [4.78, 5) is 19.5. The van der Waals surface area contributed by atoms with Crippen molar-refractivity contribution in [2.75, 3.05) is 59.4 Å². The summed E-state index contributed by atoms with van der Waals surface area (Å²) in [5.41, 5.74) is 1.10. The topological polar surface area (TPSA) is 64.2 Å². The molecule has 3 rings (SSSR count). The monoisotopic (exact) mass is 436 g/mol. The molecule has 0 bridgehead atoms. The summed E-state index contributed by atoms with van der Waals surface area (Å²) in [6.07, 6.45) is 0. The van der Waals surface area contributed by atoms with Gasteiger partial charge in [0.15, 0.2) is 0 Å². The molecule has 1 aromatic carbocycles. The Hall–Kier alpha value is -1.48. The highest BCUT2D eigenvalue weighted by molar-refractivity contribution is 7.89. The van der Waals surface area contributed by atoms with E-state index in [2.05, 4.69) is 37.6 Å². The van der Waals surface area contributed by atoms with Crippen LogP contribution in [0.3, 0.4) is 0 Å². The average Bonchev–Trinajstić information content (AvgIpc) is 2.73. The van der Waals surface area contributed by atoms with Crippen molar-refractivity contribution in [2.24, 2.45) is 0 Å². The van der Waals surface area contributed by atoms with Gasteiger partial charge in [0.2, 0.25) is 15.9 Å². The van der Waals surface area contributed by atoms with Crippen LogP contribution in [0.1, 0.15) is 33.3 Å². The van der Waals surface area contributed by atoms with Gasteiger partial charge in [0.1, 0.15) is 0 Å². The van der Waals surface area contributed by atoms with Gasteiger partial charge in [-0.3, -0.25) is 9.69 Å². The highest BCUT2D eigenvalue weighted by Crippen LogP contribution is 2.25. The third-order valence-corrected chi connectivity index (χ3v) is 8.26. The fourth-order valence-corrected chi connectivity index (χ4v) is 5.48. The van der Waals surface area contributed by atoms with E-state index in [1.807, 2.05) is 24.0 Å². The number of carbonyl (C=O) groups is 1. The first-order chi connectivity index (χ1) is 14.0. The molecule has 0 saturated carbocycles. The Bertz CT molecular complexity index is 832. The number of carbonyl (C=O) groups excluding carboxylic acids is 1. The van der Waals surface area contributed by atoms with Crippen LogP contribution in [0.4, 0.5) is 0 Å². The lowest BCUT2D eigenvalue weighted by Crippen LogP contribution is -2.57. The van der Waals surface area contributed by atoms with Gasteiger partial charge in [-0.05, 0) is 37.1 Å². The van der Waals surface area contributed by atoms with Gasteiger partial charge in [-0.2, -0.15) is 4.31 Å². The van der Waals surface area contributed by atoms with Crippen LogP contribution in [-0.4, -0.2) is 98.8 Å². The second kappa shape index (κ2) is 8.94. The van der Waals surface area contributed by atoms with E-state index in [0.29, 0.717) is 31.1 Å². The normalized spacial score (nSPS) is 21.6. The number of hydrogen-bond donors (Lipinski definition) is 0. The Balaban J connectivity index is 1.59. The van der Waals surface area contributed by atoms with Gasteiger partial charge >= 0.3 is 0 Å². The lowest BCUT2D eigenvalue weighted by Gasteiger charge is -2.40. The van der Waals surface area contributed by atoms with Gasteiger partial charge in [0, 0.05) is 52.4 Å². The zero-order chi connectivity index (χ0) is 22.1. The second-order valence-electron chi connectivity index (χ2n) is 9.52. The molecule has 7 nitrogen and oxygen atoms in total. The summed E-state index contributed by atoms with van der Waals surface area (Å²) in [6.45, 7) is 13.6. The van der Waals surface area contributed by atoms with E-state index >= 15 is 0 Å². The predicted molar refractivity (Wildman–Crippen MR) is 119 cm³/mol. The van der Waals surface area contributed by atoms with Gasteiger partial charge in [-0.1, -0.05) is 32.9 Å². The van der Waals surface area contributed by atoms with E-state index in [9.17, 15) is 13.2 Å². The smallest absolute Gasteiger partial charge is 0.243 e. The fourth-order valence-electron chi connectivity index (χ4n) is 4.05. The van der Waals surface area contributed by atoms with Crippen LogP contribution in [0.5, 0.6) is 0 Å². The first kappa shape index (κ1) is 23.2. The minimum Gasteiger partial charge on any atom is -0.339 e. The van der Waals surface area contributed by atoms with E-state index in [1.165, 1.54) is 0 Å². The average molecular weight is 437 g/mol.